The zero-order valence-electron chi connectivity index (χ0n) is 19.8. The molecule has 0 N–H and O–H groups in total. The Morgan fingerprint density at radius 3 is 2.28 bits per heavy atom. The highest BCUT2D eigenvalue weighted by molar-refractivity contribution is 6.13. The van der Waals surface area contributed by atoms with Crippen LogP contribution in [-0.2, 0) is 16.6 Å². The molecule has 1 unspecified atom stereocenters. The van der Waals surface area contributed by atoms with Gasteiger partial charge in [0.05, 0.1) is 18.3 Å². The van der Waals surface area contributed by atoms with Gasteiger partial charge in [0.2, 0.25) is 5.91 Å². The van der Waals surface area contributed by atoms with Crippen LogP contribution in [0.15, 0.2) is 84.9 Å². The van der Waals surface area contributed by atoms with Gasteiger partial charge < -0.3 is 9.47 Å². The summed E-state index contributed by atoms with van der Waals surface area (Å²) in [7, 11) is 0. The highest BCUT2D eigenvalue weighted by Gasteiger charge is 2.60. The van der Waals surface area contributed by atoms with Crippen molar-refractivity contribution in [3.05, 3.63) is 124 Å². The van der Waals surface area contributed by atoms with Gasteiger partial charge in [0.25, 0.3) is 0 Å². The maximum Gasteiger partial charge on any atom is 0.246 e. The molecule has 0 radical (unpaired) electrons. The predicted octanol–water partition coefficient (Wildman–Crippen LogP) is 5.88. The number of hydrogen-bond donors (Lipinski definition) is 0. The van der Waals surface area contributed by atoms with E-state index in [1.807, 2.05) is 79.7 Å². The highest BCUT2D eigenvalue weighted by Crippen LogP contribution is 2.57. The van der Waals surface area contributed by atoms with Gasteiger partial charge in [-0.2, -0.15) is 0 Å². The molecule has 178 valence electrons. The summed E-state index contributed by atoms with van der Waals surface area (Å²) in [4.78, 5) is 16.6. The van der Waals surface area contributed by atoms with Crippen molar-refractivity contribution < 1.29 is 18.7 Å². The number of hydrogen-bond acceptors (Lipinski definition) is 3. The van der Waals surface area contributed by atoms with E-state index in [-0.39, 0.29) is 18.3 Å². The smallest absolute Gasteiger partial charge is 0.246 e. The molecule has 4 nitrogen and oxygen atoms in total. The fourth-order valence-electron chi connectivity index (χ4n) is 6.12. The lowest BCUT2D eigenvalue weighted by atomic mass is 9.76. The minimum atomic E-state index is -1.25. The monoisotopic (exact) mass is 477 g/mol. The van der Waals surface area contributed by atoms with Crippen molar-refractivity contribution in [1.29, 1.82) is 0 Å². The molecule has 36 heavy (non-hydrogen) atoms. The first-order chi connectivity index (χ1) is 17.6. The first-order valence-electron chi connectivity index (χ1n) is 12.3. The van der Waals surface area contributed by atoms with Gasteiger partial charge in [-0.05, 0) is 41.3 Å². The number of ether oxygens (including phenoxy) is 2. The van der Waals surface area contributed by atoms with E-state index in [1.165, 1.54) is 6.07 Å². The van der Waals surface area contributed by atoms with E-state index in [9.17, 15) is 4.79 Å². The topological polar surface area (TPSA) is 38.8 Å². The lowest BCUT2D eigenvalue weighted by Crippen LogP contribution is -2.44. The average Bonchev–Trinajstić information content (AvgIpc) is 3.59. The molecule has 0 aromatic heterocycles. The largest absolute Gasteiger partial charge is 0.493 e. The van der Waals surface area contributed by atoms with E-state index >= 15 is 4.39 Å². The van der Waals surface area contributed by atoms with Crippen LogP contribution in [0.5, 0.6) is 11.5 Å². The molecule has 5 heteroatoms. The van der Waals surface area contributed by atoms with Crippen molar-refractivity contribution in [2.75, 3.05) is 18.1 Å². The lowest BCUT2D eigenvalue weighted by molar-refractivity contribution is -0.122. The molecule has 4 aromatic rings. The van der Waals surface area contributed by atoms with Gasteiger partial charge in [-0.3, -0.25) is 9.69 Å². The second-order valence-corrected chi connectivity index (χ2v) is 9.74. The van der Waals surface area contributed by atoms with Crippen LogP contribution >= 0.6 is 0 Å². The number of fused-ring (bicyclic) bond motifs is 5. The summed E-state index contributed by atoms with van der Waals surface area (Å²) in [6.07, 6.45) is 0.760. The number of rotatable bonds is 3. The van der Waals surface area contributed by atoms with Crippen molar-refractivity contribution in [3.63, 3.8) is 0 Å². The van der Waals surface area contributed by atoms with Crippen LogP contribution in [-0.4, -0.2) is 19.1 Å². The zero-order chi connectivity index (χ0) is 24.4. The Balaban J connectivity index is 1.51. The number of aryl methyl sites for hydroxylation is 1. The van der Waals surface area contributed by atoms with Crippen molar-refractivity contribution in [2.45, 2.75) is 24.8 Å². The second-order valence-electron chi connectivity index (χ2n) is 9.74. The van der Waals surface area contributed by atoms with Gasteiger partial charge >= 0.3 is 0 Å². The summed E-state index contributed by atoms with van der Waals surface area (Å²) in [6, 6.07) is 26.6. The third-order valence-electron chi connectivity index (χ3n) is 7.76. The molecular weight excluding hydrogens is 453 g/mol. The molecule has 7 rings (SSSR count). The Hall–Kier alpha value is -4.12. The van der Waals surface area contributed by atoms with Gasteiger partial charge in [-0.1, -0.05) is 66.7 Å². The Labute approximate surface area is 208 Å². The number of halogens is 1. The fraction of sp³-hybridized carbons (Fsp3) is 0.194. The van der Waals surface area contributed by atoms with E-state index in [4.69, 9.17) is 9.47 Å². The van der Waals surface area contributed by atoms with Gasteiger partial charge in [-0.25, -0.2) is 4.39 Å². The van der Waals surface area contributed by atoms with Gasteiger partial charge in [0.15, 0.2) is 0 Å². The normalized spacial score (nSPS) is 19.3. The van der Waals surface area contributed by atoms with Crippen molar-refractivity contribution in [1.82, 2.24) is 0 Å². The molecule has 1 amide bonds. The maximum atomic E-state index is 15.9. The first kappa shape index (κ1) is 21.2. The molecule has 0 aliphatic carbocycles. The van der Waals surface area contributed by atoms with Gasteiger partial charge in [0, 0.05) is 23.6 Å². The summed E-state index contributed by atoms with van der Waals surface area (Å²) >= 11 is 0. The predicted molar refractivity (Wildman–Crippen MR) is 135 cm³/mol. The molecule has 0 bridgehead atoms. The first-order valence-corrected chi connectivity index (χ1v) is 12.3. The Morgan fingerprint density at radius 2 is 1.58 bits per heavy atom. The minimum absolute atomic E-state index is 0.0598. The van der Waals surface area contributed by atoms with Crippen molar-refractivity contribution in [3.8, 4) is 11.5 Å². The lowest BCUT2D eigenvalue weighted by Gasteiger charge is -2.32. The zero-order valence-corrected chi connectivity index (χ0v) is 19.8. The third kappa shape index (κ3) is 2.77. The minimum Gasteiger partial charge on any atom is -0.493 e. The molecular formula is C31H24FNO3. The van der Waals surface area contributed by atoms with Crippen LogP contribution < -0.4 is 14.4 Å². The highest BCUT2D eigenvalue weighted by atomic mass is 19.1. The molecule has 4 aromatic carbocycles. The van der Waals surface area contributed by atoms with Gasteiger partial charge in [-0.15, -0.1) is 0 Å². The Kier molecular flexibility index (Phi) is 4.53. The van der Waals surface area contributed by atoms with Crippen molar-refractivity contribution >= 4 is 11.6 Å². The average molecular weight is 478 g/mol. The number of anilines is 1. The van der Waals surface area contributed by atoms with E-state index in [0.29, 0.717) is 23.6 Å². The van der Waals surface area contributed by atoms with Crippen LogP contribution in [0.3, 0.4) is 0 Å². The Morgan fingerprint density at radius 1 is 0.889 bits per heavy atom. The van der Waals surface area contributed by atoms with E-state index < -0.39 is 11.5 Å². The SMILES string of the molecule is Cc1ccc(F)c2c1N(C(c1ccccc1)c1ccccc1)C(=O)C21COc2cc3c(cc21)CCO3. The summed E-state index contributed by atoms with van der Waals surface area (Å²) in [5.74, 6) is 0.818. The van der Waals surface area contributed by atoms with Crippen LogP contribution in [0.4, 0.5) is 10.1 Å². The van der Waals surface area contributed by atoms with Crippen LogP contribution in [0.25, 0.3) is 0 Å². The van der Waals surface area contributed by atoms with Crippen LogP contribution in [0, 0.1) is 12.7 Å². The second kappa shape index (κ2) is 7.69. The molecule has 0 fully saturated rings. The number of carbonyl (C=O) groups is 1. The molecule has 1 spiro atoms. The van der Waals surface area contributed by atoms with Crippen LogP contribution in [0.2, 0.25) is 0 Å². The molecule has 3 aliphatic rings. The third-order valence-corrected chi connectivity index (χ3v) is 7.76. The van der Waals surface area contributed by atoms with Crippen LogP contribution in [0.1, 0.15) is 39.4 Å². The standard InChI is InChI=1S/C31H24FNO3/c1-19-12-13-24(32)27-28(19)33(29(20-8-4-2-5-9-20)21-10-6-3-7-11-21)30(34)31(27)18-36-26-17-25-22(14-15-35-25)16-23(26)31/h2-13,16-17,29H,14-15,18H2,1H3. The van der Waals surface area contributed by atoms with E-state index in [2.05, 4.69) is 0 Å². The molecule has 0 saturated carbocycles. The fourth-order valence-corrected chi connectivity index (χ4v) is 6.12. The molecule has 3 heterocycles. The van der Waals surface area contributed by atoms with E-state index in [1.54, 1.807) is 11.0 Å². The summed E-state index contributed by atoms with van der Waals surface area (Å²) < 4.78 is 27.8. The number of amides is 1. The summed E-state index contributed by atoms with van der Waals surface area (Å²) in [5.41, 5.74) is 4.32. The number of nitrogens with zero attached hydrogens (tertiary/aromatic N) is 1. The number of benzene rings is 4. The van der Waals surface area contributed by atoms with Gasteiger partial charge in [0.1, 0.15) is 29.3 Å². The molecule has 0 saturated heterocycles. The quantitative estimate of drug-likeness (QED) is 0.370. The summed E-state index contributed by atoms with van der Waals surface area (Å²) in [6.45, 7) is 2.60. The maximum absolute atomic E-state index is 15.9. The molecule has 3 aliphatic heterocycles. The summed E-state index contributed by atoms with van der Waals surface area (Å²) in [5, 5.41) is 0. The van der Waals surface area contributed by atoms with Crippen molar-refractivity contribution in [2.24, 2.45) is 0 Å². The Bertz CT molecular complexity index is 1480. The number of carbonyl (C=O) groups excluding carboxylic acids is 1. The van der Waals surface area contributed by atoms with E-state index in [0.717, 1.165) is 40.0 Å². The molecule has 1 atom stereocenters.